The van der Waals surface area contributed by atoms with Gasteiger partial charge in [-0.15, -0.1) is 0 Å². The Hall–Kier alpha value is -1.75. The summed E-state index contributed by atoms with van der Waals surface area (Å²) in [6.07, 6.45) is 2.51. The second-order valence-corrected chi connectivity index (χ2v) is 3.98. The molecule has 0 spiro atoms. The zero-order valence-corrected chi connectivity index (χ0v) is 10.4. The van der Waals surface area contributed by atoms with E-state index in [-0.39, 0.29) is 0 Å². The number of hydrogen-bond acceptors (Lipinski definition) is 1. The number of carbonyl (C=O) groups is 1. The molecule has 0 radical (unpaired) electrons. The molecule has 0 saturated carbocycles. The summed E-state index contributed by atoms with van der Waals surface area (Å²) in [4.78, 5) is 11.1. The SMILES string of the molecule is CCCC#Cc1cccc(C(CC)C(=O)O)c1. The van der Waals surface area contributed by atoms with Crippen molar-refractivity contribution in [2.24, 2.45) is 0 Å². The van der Waals surface area contributed by atoms with Gasteiger partial charge in [0.2, 0.25) is 0 Å². The van der Waals surface area contributed by atoms with E-state index in [4.69, 9.17) is 5.11 Å². The summed E-state index contributed by atoms with van der Waals surface area (Å²) in [7, 11) is 0. The fourth-order valence-corrected chi connectivity index (χ4v) is 1.68. The molecule has 1 aromatic carbocycles. The summed E-state index contributed by atoms with van der Waals surface area (Å²) >= 11 is 0. The Kier molecular flexibility index (Phi) is 5.29. The fourth-order valence-electron chi connectivity index (χ4n) is 1.68. The van der Waals surface area contributed by atoms with Gasteiger partial charge in [-0.2, -0.15) is 0 Å². The summed E-state index contributed by atoms with van der Waals surface area (Å²) in [5.74, 6) is 4.93. The molecule has 17 heavy (non-hydrogen) atoms. The molecule has 0 saturated heterocycles. The molecular weight excluding hydrogens is 212 g/mol. The van der Waals surface area contributed by atoms with Crippen molar-refractivity contribution in [3.8, 4) is 11.8 Å². The van der Waals surface area contributed by atoms with E-state index < -0.39 is 11.9 Å². The quantitative estimate of drug-likeness (QED) is 0.805. The number of rotatable bonds is 4. The van der Waals surface area contributed by atoms with Gasteiger partial charge in [-0.3, -0.25) is 4.79 Å². The Labute approximate surface area is 103 Å². The highest BCUT2D eigenvalue weighted by Crippen LogP contribution is 2.20. The third-order valence-electron chi connectivity index (χ3n) is 2.60. The van der Waals surface area contributed by atoms with E-state index in [0.29, 0.717) is 6.42 Å². The minimum Gasteiger partial charge on any atom is -0.481 e. The average molecular weight is 230 g/mol. The molecular formula is C15H18O2. The summed E-state index contributed by atoms with van der Waals surface area (Å²) in [6, 6.07) is 7.52. The molecule has 2 nitrogen and oxygen atoms in total. The van der Waals surface area contributed by atoms with E-state index in [9.17, 15) is 4.79 Å². The lowest BCUT2D eigenvalue weighted by Crippen LogP contribution is -2.10. The Morgan fingerprint density at radius 3 is 2.76 bits per heavy atom. The van der Waals surface area contributed by atoms with Crippen molar-refractivity contribution < 1.29 is 9.90 Å². The molecule has 1 rings (SSSR count). The van der Waals surface area contributed by atoms with E-state index in [1.807, 2.05) is 31.2 Å². The predicted molar refractivity (Wildman–Crippen MR) is 68.9 cm³/mol. The number of carboxylic acids is 1. The third kappa shape index (κ3) is 3.96. The van der Waals surface area contributed by atoms with Gasteiger partial charge in [0, 0.05) is 12.0 Å². The number of benzene rings is 1. The van der Waals surface area contributed by atoms with Gasteiger partial charge in [0.25, 0.3) is 0 Å². The zero-order chi connectivity index (χ0) is 12.7. The maximum Gasteiger partial charge on any atom is 0.310 e. The van der Waals surface area contributed by atoms with Crippen molar-refractivity contribution in [3.05, 3.63) is 35.4 Å². The second kappa shape index (κ2) is 6.75. The Morgan fingerprint density at radius 1 is 1.41 bits per heavy atom. The first-order chi connectivity index (χ1) is 8.19. The van der Waals surface area contributed by atoms with Crippen molar-refractivity contribution in [2.45, 2.75) is 39.0 Å². The van der Waals surface area contributed by atoms with E-state index in [1.54, 1.807) is 0 Å². The molecule has 1 N–H and O–H groups in total. The van der Waals surface area contributed by atoms with Crippen molar-refractivity contribution in [1.82, 2.24) is 0 Å². The molecule has 0 aromatic heterocycles. The van der Waals surface area contributed by atoms with E-state index in [0.717, 1.165) is 24.0 Å². The molecule has 2 heteroatoms. The topological polar surface area (TPSA) is 37.3 Å². The molecule has 1 atom stereocenters. The van der Waals surface area contributed by atoms with Gasteiger partial charge in [0.1, 0.15) is 0 Å². The van der Waals surface area contributed by atoms with E-state index in [1.165, 1.54) is 0 Å². The molecule has 0 heterocycles. The standard InChI is InChI=1S/C15H18O2/c1-3-5-6-8-12-9-7-10-13(11-12)14(4-2)15(16)17/h7,9-11,14H,3-5H2,1-2H3,(H,16,17). The first-order valence-corrected chi connectivity index (χ1v) is 6.00. The van der Waals surface area contributed by atoms with Crippen LogP contribution in [0.4, 0.5) is 0 Å². The van der Waals surface area contributed by atoms with Crippen LogP contribution in [0.15, 0.2) is 24.3 Å². The molecule has 0 aliphatic rings. The Bertz CT molecular complexity index is 438. The average Bonchev–Trinajstić information content (AvgIpc) is 2.30. The first kappa shape index (κ1) is 13.3. The highest BCUT2D eigenvalue weighted by molar-refractivity contribution is 5.76. The summed E-state index contributed by atoms with van der Waals surface area (Å²) in [5.41, 5.74) is 1.74. The van der Waals surface area contributed by atoms with Crippen LogP contribution in [-0.4, -0.2) is 11.1 Å². The summed E-state index contributed by atoms with van der Waals surface area (Å²) < 4.78 is 0. The Balaban J connectivity index is 2.93. The van der Waals surface area contributed by atoms with Crippen LogP contribution in [0.25, 0.3) is 0 Å². The maximum atomic E-state index is 11.1. The van der Waals surface area contributed by atoms with Crippen molar-refractivity contribution in [3.63, 3.8) is 0 Å². The highest BCUT2D eigenvalue weighted by atomic mass is 16.4. The highest BCUT2D eigenvalue weighted by Gasteiger charge is 2.17. The number of hydrogen-bond donors (Lipinski definition) is 1. The number of carboxylic acid groups (broad SMARTS) is 1. The van der Waals surface area contributed by atoms with Crippen LogP contribution < -0.4 is 0 Å². The predicted octanol–water partition coefficient (Wildman–Crippen LogP) is 3.42. The van der Waals surface area contributed by atoms with Crippen LogP contribution in [0.2, 0.25) is 0 Å². The lowest BCUT2D eigenvalue weighted by molar-refractivity contribution is -0.138. The van der Waals surface area contributed by atoms with Crippen LogP contribution in [0, 0.1) is 11.8 Å². The van der Waals surface area contributed by atoms with Gasteiger partial charge in [0.15, 0.2) is 0 Å². The van der Waals surface area contributed by atoms with Crippen LogP contribution in [0.1, 0.15) is 50.2 Å². The van der Waals surface area contributed by atoms with Gasteiger partial charge < -0.3 is 5.11 Å². The van der Waals surface area contributed by atoms with Crippen molar-refractivity contribution in [1.29, 1.82) is 0 Å². The van der Waals surface area contributed by atoms with Crippen LogP contribution in [0.5, 0.6) is 0 Å². The molecule has 1 aromatic rings. The number of unbranched alkanes of at least 4 members (excludes halogenated alkanes) is 1. The molecule has 0 aliphatic heterocycles. The minimum atomic E-state index is -0.772. The largest absolute Gasteiger partial charge is 0.481 e. The normalized spacial score (nSPS) is 11.4. The molecule has 90 valence electrons. The van der Waals surface area contributed by atoms with Crippen LogP contribution >= 0.6 is 0 Å². The molecule has 0 bridgehead atoms. The van der Waals surface area contributed by atoms with Crippen LogP contribution in [0.3, 0.4) is 0 Å². The minimum absolute atomic E-state index is 0.428. The lowest BCUT2D eigenvalue weighted by Gasteiger charge is -2.09. The van der Waals surface area contributed by atoms with E-state index in [2.05, 4.69) is 18.8 Å². The summed E-state index contributed by atoms with van der Waals surface area (Å²) in [5, 5.41) is 9.10. The molecule has 0 amide bonds. The van der Waals surface area contributed by atoms with Gasteiger partial charge in [0.05, 0.1) is 5.92 Å². The monoisotopic (exact) mass is 230 g/mol. The zero-order valence-electron chi connectivity index (χ0n) is 10.4. The van der Waals surface area contributed by atoms with Crippen molar-refractivity contribution in [2.75, 3.05) is 0 Å². The van der Waals surface area contributed by atoms with Gasteiger partial charge in [-0.25, -0.2) is 0 Å². The third-order valence-corrected chi connectivity index (χ3v) is 2.60. The smallest absolute Gasteiger partial charge is 0.310 e. The lowest BCUT2D eigenvalue weighted by atomic mass is 9.95. The van der Waals surface area contributed by atoms with Crippen LogP contribution in [-0.2, 0) is 4.79 Å². The van der Waals surface area contributed by atoms with Gasteiger partial charge in [-0.1, -0.05) is 37.8 Å². The first-order valence-electron chi connectivity index (χ1n) is 6.00. The molecule has 0 aliphatic carbocycles. The summed E-state index contributed by atoms with van der Waals surface area (Å²) in [6.45, 7) is 3.97. The second-order valence-electron chi connectivity index (χ2n) is 3.98. The number of aliphatic carboxylic acids is 1. The molecule has 1 unspecified atom stereocenters. The van der Waals surface area contributed by atoms with Gasteiger partial charge in [-0.05, 0) is 30.5 Å². The van der Waals surface area contributed by atoms with Gasteiger partial charge >= 0.3 is 5.97 Å². The fraction of sp³-hybridized carbons (Fsp3) is 0.400. The maximum absolute atomic E-state index is 11.1. The molecule has 0 fully saturated rings. The Morgan fingerprint density at radius 2 is 2.18 bits per heavy atom. The van der Waals surface area contributed by atoms with E-state index >= 15 is 0 Å². The van der Waals surface area contributed by atoms with Crippen molar-refractivity contribution >= 4 is 5.97 Å².